The van der Waals surface area contributed by atoms with E-state index >= 15 is 0 Å². The number of sulfonamides is 1. The highest BCUT2D eigenvalue weighted by molar-refractivity contribution is 7.89. The molecule has 6 heteroatoms. The zero-order chi connectivity index (χ0) is 17.3. The predicted molar refractivity (Wildman–Crippen MR) is 95.9 cm³/mol. The highest BCUT2D eigenvalue weighted by Gasteiger charge is 2.29. The third-order valence-corrected chi connectivity index (χ3v) is 6.73. The lowest BCUT2D eigenvalue weighted by Gasteiger charge is -2.35. The molecule has 0 unspecified atom stereocenters. The lowest BCUT2D eigenvalue weighted by atomic mass is 10.1. The second-order valence-corrected chi connectivity index (χ2v) is 8.21. The highest BCUT2D eigenvalue weighted by Crippen LogP contribution is 2.24. The van der Waals surface area contributed by atoms with E-state index in [1.165, 1.54) is 17.3 Å². The van der Waals surface area contributed by atoms with Crippen LogP contribution >= 0.6 is 0 Å². The van der Waals surface area contributed by atoms with E-state index in [0.717, 1.165) is 11.3 Å². The zero-order valence-electron chi connectivity index (χ0n) is 14.4. The van der Waals surface area contributed by atoms with Crippen LogP contribution in [0.15, 0.2) is 41.6 Å². The number of pyridine rings is 1. The van der Waals surface area contributed by atoms with Crippen LogP contribution in [0.25, 0.3) is 0 Å². The first kappa shape index (κ1) is 16.9. The van der Waals surface area contributed by atoms with Gasteiger partial charge in [-0.15, -0.1) is 0 Å². The lowest BCUT2D eigenvalue weighted by molar-refractivity contribution is 0.384. The van der Waals surface area contributed by atoms with Crippen molar-refractivity contribution in [2.75, 3.05) is 31.1 Å². The third kappa shape index (κ3) is 3.16. The topological polar surface area (TPSA) is 53.5 Å². The Labute approximate surface area is 144 Å². The fourth-order valence-electron chi connectivity index (χ4n) is 2.97. The Bertz CT molecular complexity index is 841. The summed E-state index contributed by atoms with van der Waals surface area (Å²) in [6.45, 7) is 8.37. The van der Waals surface area contributed by atoms with E-state index in [-0.39, 0.29) is 0 Å². The molecular formula is C18H23N3O2S. The number of rotatable bonds is 3. The maximum Gasteiger partial charge on any atom is 0.244 e. The Morgan fingerprint density at radius 2 is 1.62 bits per heavy atom. The molecule has 0 N–H and O–H groups in total. The van der Waals surface area contributed by atoms with Crippen LogP contribution in [0.4, 0.5) is 5.69 Å². The van der Waals surface area contributed by atoms with Gasteiger partial charge in [0.05, 0.1) is 0 Å². The Morgan fingerprint density at radius 3 is 2.25 bits per heavy atom. The van der Waals surface area contributed by atoms with Gasteiger partial charge < -0.3 is 4.90 Å². The molecule has 0 bridgehead atoms. The number of benzene rings is 1. The van der Waals surface area contributed by atoms with Crippen molar-refractivity contribution in [2.24, 2.45) is 0 Å². The normalized spacial score (nSPS) is 16.4. The van der Waals surface area contributed by atoms with Crippen molar-refractivity contribution < 1.29 is 8.42 Å². The number of aromatic nitrogens is 1. The van der Waals surface area contributed by atoms with Gasteiger partial charge in [-0.3, -0.25) is 4.98 Å². The van der Waals surface area contributed by atoms with Crippen LogP contribution in [-0.4, -0.2) is 43.9 Å². The van der Waals surface area contributed by atoms with E-state index in [2.05, 4.69) is 41.9 Å². The van der Waals surface area contributed by atoms with Gasteiger partial charge in [-0.1, -0.05) is 6.07 Å². The summed E-state index contributed by atoms with van der Waals surface area (Å²) in [7, 11) is -3.47. The molecule has 1 fully saturated rings. The van der Waals surface area contributed by atoms with Gasteiger partial charge in [0.15, 0.2) is 0 Å². The molecule has 1 aromatic heterocycles. The van der Waals surface area contributed by atoms with Gasteiger partial charge in [0.25, 0.3) is 0 Å². The molecule has 1 aliphatic heterocycles. The van der Waals surface area contributed by atoms with Crippen molar-refractivity contribution in [3.05, 3.63) is 53.3 Å². The van der Waals surface area contributed by atoms with Crippen LogP contribution in [-0.2, 0) is 10.0 Å². The average Bonchev–Trinajstić information content (AvgIpc) is 2.58. The van der Waals surface area contributed by atoms with Gasteiger partial charge in [-0.25, -0.2) is 8.42 Å². The minimum atomic E-state index is -3.47. The second-order valence-electron chi connectivity index (χ2n) is 6.30. The van der Waals surface area contributed by atoms with Gasteiger partial charge in [-0.05, 0) is 55.7 Å². The first-order chi connectivity index (χ1) is 11.4. The summed E-state index contributed by atoms with van der Waals surface area (Å²) >= 11 is 0. The Hall–Kier alpha value is -1.92. The summed E-state index contributed by atoms with van der Waals surface area (Å²) in [6, 6.07) is 8.13. The Morgan fingerprint density at radius 1 is 0.917 bits per heavy atom. The number of hydrogen-bond acceptors (Lipinski definition) is 4. The van der Waals surface area contributed by atoms with Crippen molar-refractivity contribution in [1.29, 1.82) is 0 Å². The summed E-state index contributed by atoms with van der Waals surface area (Å²) in [5, 5.41) is 0. The number of anilines is 1. The minimum Gasteiger partial charge on any atom is -0.369 e. The number of hydrogen-bond donors (Lipinski definition) is 0. The van der Waals surface area contributed by atoms with E-state index in [1.54, 1.807) is 23.5 Å². The summed E-state index contributed by atoms with van der Waals surface area (Å²) < 4.78 is 27.2. The van der Waals surface area contributed by atoms with Crippen molar-refractivity contribution in [3.8, 4) is 0 Å². The summed E-state index contributed by atoms with van der Waals surface area (Å²) in [6.07, 6.45) is 3.06. The molecule has 0 amide bonds. The Balaban J connectivity index is 1.75. The number of nitrogens with zero attached hydrogens (tertiary/aromatic N) is 3. The van der Waals surface area contributed by atoms with Gasteiger partial charge in [-0.2, -0.15) is 4.31 Å². The molecule has 128 valence electrons. The molecule has 0 aliphatic carbocycles. The first-order valence-corrected chi connectivity index (χ1v) is 9.56. The molecule has 0 saturated carbocycles. The van der Waals surface area contributed by atoms with Crippen molar-refractivity contribution in [1.82, 2.24) is 9.29 Å². The molecule has 0 spiro atoms. The van der Waals surface area contributed by atoms with Crippen LogP contribution in [0.3, 0.4) is 0 Å². The molecule has 2 aromatic rings. The van der Waals surface area contributed by atoms with Gasteiger partial charge in [0, 0.05) is 44.3 Å². The van der Waals surface area contributed by atoms with Crippen molar-refractivity contribution in [3.63, 3.8) is 0 Å². The molecule has 1 saturated heterocycles. The molecule has 0 radical (unpaired) electrons. The molecule has 1 aromatic carbocycles. The first-order valence-electron chi connectivity index (χ1n) is 8.12. The van der Waals surface area contributed by atoms with Crippen LogP contribution in [0.2, 0.25) is 0 Å². The molecular weight excluding hydrogens is 322 g/mol. The predicted octanol–water partition coefficient (Wildman–Crippen LogP) is 2.52. The van der Waals surface area contributed by atoms with Crippen LogP contribution in [0.5, 0.6) is 0 Å². The number of aryl methyl sites for hydroxylation is 3. The standard InChI is InChI=1S/C18H23N3O2S/c1-14-4-5-17(12-16(14)3)20-8-10-21(11-9-20)24(22,23)18-13-19-7-6-15(18)2/h4-7,12-13H,8-11H2,1-3H3. The number of piperazine rings is 1. The summed E-state index contributed by atoms with van der Waals surface area (Å²) in [5.74, 6) is 0. The molecule has 5 nitrogen and oxygen atoms in total. The molecule has 2 heterocycles. The summed E-state index contributed by atoms with van der Waals surface area (Å²) in [5.41, 5.74) is 4.43. The van der Waals surface area contributed by atoms with E-state index < -0.39 is 10.0 Å². The van der Waals surface area contributed by atoms with Gasteiger partial charge in [0.2, 0.25) is 10.0 Å². The largest absolute Gasteiger partial charge is 0.369 e. The second kappa shape index (κ2) is 6.53. The molecule has 1 aliphatic rings. The van der Waals surface area contributed by atoms with E-state index in [9.17, 15) is 8.42 Å². The van der Waals surface area contributed by atoms with Crippen molar-refractivity contribution in [2.45, 2.75) is 25.7 Å². The van der Waals surface area contributed by atoms with Crippen molar-refractivity contribution >= 4 is 15.7 Å². The fraction of sp³-hybridized carbons (Fsp3) is 0.389. The van der Waals surface area contributed by atoms with Crippen LogP contribution < -0.4 is 4.90 Å². The fourth-order valence-corrected chi connectivity index (χ4v) is 4.56. The van der Waals surface area contributed by atoms with E-state index in [4.69, 9.17) is 0 Å². The quantitative estimate of drug-likeness (QED) is 0.858. The average molecular weight is 345 g/mol. The molecule has 0 atom stereocenters. The Kier molecular flexibility index (Phi) is 4.60. The van der Waals surface area contributed by atoms with Crippen LogP contribution in [0, 0.1) is 20.8 Å². The van der Waals surface area contributed by atoms with E-state index in [0.29, 0.717) is 31.1 Å². The van der Waals surface area contributed by atoms with Crippen LogP contribution in [0.1, 0.15) is 16.7 Å². The monoisotopic (exact) mass is 345 g/mol. The third-order valence-electron chi connectivity index (χ3n) is 4.70. The smallest absolute Gasteiger partial charge is 0.244 e. The lowest BCUT2D eigenvalue weighted by Crippen LogP contribution is -2.48. The minimum absolute atomic E-state index is 0.310. The zero-order valence-corrected chi connectivity index (χ0v) is 15.2. The maximum absolute atomic E-state index is 12.8. The maximum atomic E-state index is 12.8. The molecule has 24 heavy (non-hydrogen) atoms. The summed E-state index contributed by atoms with van der Waals surface area (Å²) in [4.78, 5) is 6.53. The van der Waals surface area contributed by atoms with E-state index in [1.807, 2.05) is 0 Å². The van der Waals surface area contributed by atoms with Gasteiger partial charge >= 0.3 is 0 Å². The SMILES string of the molecule is Cc1ccc(N2CCN(S(=O)(=O)c3cnccc3C)CC2)cc1C. The highest BCUT2D eigenvalue weighted by atomic mass is 32.2. The van der Waals surface area contributed by atoms with Gasteiger partial charge in [0.1, 0.15) is 4.90 Å². The molecule has 3 rings (SSSR count).